The maximum Gasteiger partial charge on any atom is 0.0599 e. The van der Waals surface area contributed by atoms with Crippen LogP contribution in [-0.4, -0.2) is 67.0 Å². The Morgan fingerprint density at radius 1 is 0.909 bits per heavy atom. The molecule has 0 aliphatic carbocycles. The van der Waals surface area contributed by atoms with Crippen LogP contribution in [0.1, 0.15) is 46.5 Å². The van der Waals surface area contributed by atoms with Gasteiger partial charge in [0.05, 0.1) is 6.10 Å². The number of ether oxygens (including phenoxy) is 1. The van der Waals surface area contributed by atoms with Crippen molar-refractivity contribution in [3.05, 3.63) is 0 Å². The minimum Gasteiger partial charge on any atom is -0.378 e. The molecule has 2 rings (SSSR count). The zero-order valence-corrected chi connectivity index (χ0v) is 15.7. The van der Waals surface area contributed by atoms with E-state index in [0.717, 1.165) is 25.0 Å². The largest absolute Gasteiger partial charge is 0.378 e. The first-order valence-electron chi connectivity index (χ1n) is 9.27. The molecule has 1 unspecified atom stereocenters. The molecule has 0 radical (unpaired) electrons. The van der Waals surface area contributed by atoms with Crippen LogP contribution in [0.3, 0.4) is 0 Å². The average molecular weight is 329 g/mol. The van der Waals surface area contributed by atoms with Crippen LogP contribution in [0, 0.1) is 11.8 Å². The molecule has 130 valence electrons. The summed E-state index contributed by atoms with van der Waals surface area (Å²) in [5.74, 6) is 1.58. The molecule has 0 N–H and O–H groups in total. The number of hydrogen-bond donors (Lipinski definition) is 1. The van der Waals surface area contributed by atoms with Crippen molar-refractivity contribution in [2.24, 2.45) is 11.8 Å². The summed E-state index contributed by atoms with van der Waals surface area (Å²) in [6, 6.07) is 0. The minimum atomic E-state index is 0.480. The van der Waals surface area contributed by atoms with E-state index in [1.807, 2.05) is 0 Å². The number of rotatable bonds is 7. The first-order chi connectivity index (χ1) is 10.5. The Balaban J connectivity index is 1.56. The van der Waals surface area contributed by atoms with Crippen molar-refractivity contribution in [2.45, 2.75) is 57.8 Å². The van der Waals surface area contributed by atoms with Gasteiger partial charge in [-0.2, -0.15) is 12.6 Å². The van der Waals surface area contributed by atoms with Crippen molar-refractivity contribution < 1.29 is 4.74 Å². The van der Waals surface area contributed by atoms with Crippen LogP contribution in [0.4, 0.5) is 0 Å². The third-order valence-electron chi connectivity index (χ3n) is 4.96. The lowest BCUT2D eigenvalue weighted by molar-refractivity contribution is -0.0194. The van der Waals surface area contributed by atoms with E-state index in [2.05, 4.69) is 43.2 Å². The van der Waals surface area contributed by atoms with Gasteiger partial charge >= 0.3 is 0 Å². The molecule has 0 aromatic carbocycles. The fourth-order valence-electron chi connectivity index (χ4n) is 3.76. The van der Waals surface area contributed by atoms with E-state index >= 15 is 0 Å². The van der Waals surface area contributed by atoms with E-state index in [9.17, 15) is 0 Å². The van der Waals surface area contributed by atoms with Crippen molar-refractivity contribution in [1.82, 2.24) is 9.80 Å². The molecule has 0 spiro atoms. The molecule has 22 heavy (non-hydrogen) atoms. The van der Waals surface area contributed by atoms with E-state index in [1.165, 1.54) is 58.4 Å². The molecular weight excluding hydrogens is 292 g/mol. The van der Waals surface area contributed by atoms with Crippen molar-refractivity contribution in [1.29, 1.82) is 0 Å². The molecule has 2 heterocycles. The van der Waals surface area contributed by atoms with Gasteiger partial charge in [-0.05, 0) is 50.6 Å². The summed E-state index contributed by atoms with van der Waals surface area (Å²) in [4.78, 5) is 5.15. The van der Waals surface area contributed by atoms with Crippen molar-refractivity contribution in [2.75, 3.05) is 45.9 Å². The van der Waals surface area contributed by atoms with Crippen molar-refractivity contribution in [3.8, 4) is 0 Å². The Kier molecular flexibility index (Phi) is 8.02. The number of thiol groups is 1. The van der Waals surface area contributed by atoms with Gasteiger partial charge in [-0.25, -0.2) is 0 Å². The molecule has 0 amide bonds. The molecule has 3 nitrogen and oxygen atoms in total. The maximum absolute atomic E-state index is 6.23. The van der Waals surface area contributed by atoms with Gasteiger partial charge in [-0.3, -0.25) is 0 Å². The second kappa shape index (κ2) is 9.51. The zero-order chi connectivity index (χ0) is 15.9. The fourth-order valence-corrected chi connectivity index (χ4v) is 3.99. The molecule has 0 saturated carbocycles. The molecule has 0 aromatic rings. The topological polar surface area (TPSA) is 15.7 Å². The number of hydrogen-bond acceptors (Lipinski definition) is 4. The Bertz CT molecular complexity index is 265. The SMILES string of the molecule is CC(C)CN1CCC(COC2CCN(CC(C)S)CC2)CC1. The van der Waals surface area contributed by atoms with Crippen LogP contribution in [-0.2, 0) is 4.74 Å². The quantitative estimate of drug-likeness (QED) is 0.723. The average Bonchev–Trinajstić information content (AvgIpc) is 2.47. The maximum atomic E-state index is 6.23. The molecule has 2 fully saturated rings. The molecule has 0 aromatic heterocycles. The molecule has 2 aliphatic heterocycles. The van der Waals surface area contributed by atoms with Crippen LogP contribution in [0.15, 0.2) is 0 Å². The highest BCUT2D eigenvalue weighted by molar-refractivity contribution is 7.80. The van der Waals surface area contributed by atoms with Crippen LogP contribution in [0.2, 0.25) is 0 Å². The summed E-state index contributed by atoms with van der Waals surface area (Å²) >= 11 is 4.49. The van der Waals surface area contributed by atoms with Gasteiger partial charge in [0.15, 0.2) is 0 Å². The third-order valence-corrected chi connectivity index (χ3v) is 5.12. The normalized spacial score (nSPS) is 25.0. The second-order valence-electron chi connectivity index (χ2n) is 7.82. The lowest BCUT2D eigenvalue weighted by Crippen LogP contribution is -2.41. The molecular formula is C18H36N2OS. The first kappa shape index (κ1) is 18.6. The van der Waals surface area contributed by atoms with Gasteiger partial charge in [0.25, 0.3) is 0 Å². The van der Waals surface area contributed by atoms with Gasteiger partial charge in [0, 0.05) is 38.0 Å². The first-order valence-corrected chi connectivity index (χ1v) is 9.79. The van der Waals surface area contributed by atoms with E-state index in [0.29, 0.717) is 11.4 Å². The Hall–Kier alpha value is 0.230. The minimum absolute atomic E-state index is 0.480. The highest BCUT2D eigenvalue weighted by Gasteiger charge is 2.23. The third kappa shape index (κ3) is 6.77. The number of likely N-dealkylation sites (tertiary alicyclic amines) is 2. The molecule has 2 aliphatic rings. The summed E-state index contributed by atoms with van der Waals surface area (Å²) in [6.45, 7) is 15.1. The van der Waals surface area contributed by atoms with Crippen LogP contribution >= 0.6 is 12.6 Å². The van der Waals surface area contributed by atoms with E-state index in [4.69, 9.17) is 4.74 Å². The Morgan fingerprint density at radius 2 is 1.45 bits per heavy atom. The summed E-state index contributed by atoms with van der Waals surface area (Å²) in [5, 5.41) is 0.480. The zero-order valence-electron chi connectivity index (χ0n) is 14.8. The van der Waals surface area contributed by atoms with Crippen LogP contribution < -0.4 is 0 Å². The molecule has 1 atom stereocenters. The van der Waals surface area contributed by atoms with Gasteiger partial charge in [0.2, 0.25) is 0 Å². The van der Waals surface area contributed by atoms with Gasteiger partial charge in [0.1, 0.15) is 0 Å². The van der Waals surface area contributed by atoms with Crippen molar-refractivity contribution >= 4 is 12.6 Å². The predicted molar refractivity (Wildman–Crippen MR) is 97.9 cm³/mol. The van der Waals surface area contributed by atoms with Gasteiger partial charge < -0.3 is 14.5 Å². The van der Waals surface area contributed by atoms with E-state index in [1.54, 1.807) is 0 Å². The van der Waals surface area contributed by atoms with E-state index in [-0.39, 0.29) is 0 Å². The summed E-state index contributed by atoms with van der Waals surface area (Å²) in [5.41, 5.74) is 0. The standard InChI is InChI=1S/C18H36N2OS/c1-15(2)12-19-8-4-17(5-9-19)14-21-18-6-10-20(11-7-18)13-16(3)22/h15-18,22H,4-14H2,1-3H3. The predicted octanol–water partition coefficient (Wildman–Crippen LogP) is 3.15. The lowest BCUT2D eigenvalue weighted by Gasteiger charge is -2.35. The highest BCUT2D eigenvalue weighted by atomic mass is 32.1. The Morgan fingerprint density at radius 3 is 2.00 bits per heavy atom. The van der Waals surface area contributed by atoms with Gasteiger partial charge in [-0.1, -0.05) is 20.8 Å². The van der Waals surface area contributed by atoms with Crippen LogP contribution in [0.25, 0.3) is 0 Å². The van der Waals surface area contributed by atoms with Gasteiger partial charge in [-0.15, -0.1) is 0 Å². The summed E-state index contributed by atoms with van der Waals surface area (Å²) in [7, 11) is 0. The molecule has 4 heteroatoms. The summed E-state index contributed by atoms with van der Waals surface area (Å²) in [6.07, 6.45) is 5.55. The lowest BCUT2D eigenvalue weighted by atomic mass is 9.97. The van der Waals surface area contributed by atoms with E-state index < -0.39 is 0 Å². The van der Waals surface area contributed by atoms with Crippen LogP contribution in [0.5, 0.6) is 0 Å². The molecule has 2 saturated heterocycles. The second-order valence-corrected chi connectivity index (χ2v) is 8.70. The number of nitrogens with zero attached hydrogens (tertiary/aromatic N) is 2. The Labute approximate surface area is 143 Å². The molecule has 0 bridgehead atoms. The smallest absolute Gasteiger partial charge is 0.0599 e. The monoisotopic (exact) mass is 328 g/mol. The fraction of sp³-hybridized carbons (Fsp3) is 1.00. The highest BCUT2D eigenvalue weighted by Crippen LogP contribution is 2.21. The summed E-state index contributed by atoms with van der Waals surface area (Å²) < 4.78 is 6.23. The van der Waals surface area contributed by atoms with Crippen molar-refractivity contribution in [3.63, 3.8) is 0 Å². The number of piperidine rings is 2.